The maximum Gasteiger partial charge on any atom is 0.573 e. The Morgan fingerprint density at radius 3 is 2.37 bits per heavy atom. The highest BCUT2D eigenvalue weighted by atomic mass is 19.4. The third kappa shape index (κ3) is 6.43. The number of nitrogens with one attached hydrogen (secondary N) is 2. The molecule has 1 fully saturated rings. The number of rotatable bonds is 7. The SMILES string of the molecule is COc1ccc(C(C)NC(=O)CN2CCC3(CC2)N=C(c2ccc(OC(F)(F)F)cc2)NO3)cc1. The summed E-state index contributed by atoms with van der Waals surface area (Å²) >= 11 is 0. The zero-order valence-corrected chi connectivity index (χ0v) is 19.4. The number of carbonyl (C=O) groups excluding carboxylic acids is 1. The largest absolute Gasteiger partial charge is 0.573 e. The van der Waals surface area contributed by atoms with Crippen LogP contribution < -0.4 is 20.3 Å². The van der Waals surface area contributed by atoms with Crippen molar-refractivity contribution in [1.82, 2.24) is 15.7 Å². The third-order valence-electron chi connectivity index (χ3n) is 6.01. The lowest BCUT2D eigenvalue weighted by Gasteiger charge is -2.35. The number of hydrogen-bond acceptors (Lipinski definition) is 7. The maximum atomic E-state index is 12.6. The molecule has 1 amide bonds. The van der Waals surface area contributed by atoms with Gasteiger partial charge in [-0.2, -0.15) is 0 Å². The number of hydroxylamine groups is 1. The molecule has 1 unspecified atom stereocenters. The summed E-state index contributed by atoms with van der Waals surface area (Å²) in [5.41, 5.74) is 3.60. The highest BCUT2D eigenvalue weighted by Crippen LogP contribution is 2.31. The average molecular weight is 492 g/mol. The number of amidine groups is 1. The van der Waals surface area contributed by atoms with E-state index in [-0.39, 0.29) is 24.2 Å². The van der Waals surface area contributed by atoms with Gasteiger partial charge in [-0.1, -0.05) is 12.1 Å². The van der Waals surface area contributed by atoms with Crippen LogP contribution in [0, 0.1) is 0 Å². The Labute approximate surface area is 201 Å². The predicted octanol–water partition coefficient (Wildman–Crippen LogP) is 3.54. The van der Waals surface area contributed by atoms with E-state index in [1.165, 1.54) is 24.3 Å². The summed E-state index contributed by atoms with van der Waals surface area (Å²) in [5, 5.41) is 3.02. The molecule has 8 nitrogen and oxygen atoms in total. The first kappa shape index (κ1) is 24.8. The van der Waals surface area contributed by atoms with Crippen molar-refractivity contribution in [1.29, 1.82) is 0 Å². The van der Waals surface area contributed by atoms with E-state index in [2.05, 4.69) is 20.5 Å². The molecule has 2 aromatic carbocycles. The Kier molecular flexibility index (Phi) is 7.18. The van der Waals surface area contributed by atoms with Crippen LogP contribution in [0.2, 0.25) is 0 Å². The topological polar surface area (TPSA) is 84.4 Å². The Morgan fingerprint density at radius 2 is 1.77 bits per heavy atom. The lowest BCUT2D eigenvalue weighted by Crippen LogP contribution is -2.47. The van der Waals surface area contributed by atoms with Gasteiger partial charge in [-0.3, -0.25) is 9.69 Å². The molecular weight excluding hydrogens is 465 g/mol. The summed E-state index contributed by atoms with van der Waals surface area (Å²) in [6, 6.07) is 12.9. The number of carbonyl (C=O) groups is 1. The molecule has 35 heavy (non-hydrogen) atoms. The van der Waals surface area contributed by atoms with Gasteiger partial charge in [0.1, 0.15) is 11.5 Å². The summed E-state index contributed by atoms with van der Waals surface area (Å²) in [4.78, 5) is 25.0. The van der Waals surface area contributed by atoms with Gasteiger partial charge in [-0.15, -0.1) is 13.2 Å². The summed E-state index contributed by atoms with van der Waals surface area (Å²) in [5.74, 6) is 0.836. The number of halogens is 3. The molecule has 0 aliphatic carbocycles. The molecule has 0 saturated carbocycles. The van der Waals surface area contributed by atoms with E-state index >= 15 is 0 Å². The van der Waals surface area contributed by atoms with Crippen molar-refractivity contribution >= 4 is 11.7 Å². The second-order valence-electron chi connectivity index (χ2n) is 8.52. The molecule has 1 spiro atoms. The van der Waals surface area contributed by atoms with E-state index in [4.69, 9.17) is 9.57 Å². The number of nitrogens with zero attached hydrogens (tertiary/aromatic N) is 2. The normalized spacial score (nSPS) is 18.5. The standard InChI is InChI=1S/C24H27F3N4O4/c1-16(17-3-7-19(33-2)8-4-17)28-21(32)15-31-13-11-23(12-14-31)29-22(30-35-23)18-5-9-20(10-6-18)34-24(25,26)27/h3-10,16H,11-15H2,1-2H3,(H,28,32)(H,29,30). The molecule has 0 radical (unpaired) electrons. The van der Waals surface area contributed by atoms with Crippen LogP contribution in [-0.2, 0) is 9.63 Å². The minimum absolute atomic E-state index is 0.0694. The van der Waals surface area contributed by atoms with Gasteiger partial charge in [0.15, 0.2) is 11.6 Å². The molecule has 2 heterocycles. The summed E-state index contributed by atoms with van der Waals surface area (Å²) in [6.45, 7) is 3.42. The number of methoxy groups -OCH3 is 1. The fraction of sp³-hybridized carbons (Fsp3) is 0.417. The number of hydrogen-bond donors (Lipinski definition) is 2. The quantitative estimate of drug-likeness (QED) is 0.615. The molecule has 188 valence electrons. The van der Waals surface area contributed by atoms with Crippen LogP contribution in [0.1, 0.15) is 36.9 Å². The number of aliphatic imine (C=N–C) groups is 1. The van der Waals surface area contributed by atoms with E-state index < -0.39 is 12.1 Å². The molecule has 2 aromatic rings. The van der Waals surface area contributed by atoms with Crippen molar-refractivity contribution in [2.45, 2.75) is 37.9 Å². The van der Waals surface area contributed by atoms with E-state index in [9.17, 15) is 18.0 Å². The van der Waals surface area contributed by atoms with Gasteiger partial charge in [0.05, 0.1) is 19.7 Å². The number of piperidine rings is 1. The lowest BCUT2D eigenvalue weighted by atomic mass is 10.0. The fourth-order valence-corrected chi connectivity index (χ4v) is 4.07. The van der Waals surface area contributed by atoms with Gasteiger partial charge in [-0.25, -0.2) is 15.3 Å². The Bertz CT molecular complexity index is 1050. The minimum atomic E-state index is -4.74. The van der Waals surface area contributed by atoms with E-state index in [0.717, 1.165) is 11.3 Å². The van der Waals surface area contributed by atoms with Crippen LogP contribution >= 0.6 is 0 Å². The van der Waals surface area contributed by atoms with Crippen molar-refractivity contribution in [3.63, 3.8) is 0 Å². The molecule has 2 aliphatic rings. The molecule has 2 aliphatic heterocycles. The third-order valence-corrected chi connectivity index (χ3v) is 6.01. The van der Waals surface area contributed by atoms with E-state index in [0.29, 0.717) is 37.3 Å². The smallest absolute Gasteiger partial charge is 0.497 e. The Hall–Kier alpha value is -3.31. The van der Waals surface area contributed by atoms with Gasteiger partial charge in [0.25, 0.3) is 0 Å². The number of likely N-dealkylation sites (tertiary alicyclic amines) is 1. The summed E-state index contributed by atoms with van der Waals surface area (Å²) in [6.07, 6.45) is -3.60. The zero-order valence-electron chi connectivity index (χ0n) is 19.4. The van der Waals surface area contributed by atoms with Gasteiger partial charge >= 0.3 is 6.36 Å². The molecule has 11 heteroatoms. The maximum absolute atomic E-state index is 12.6. The van der Waals surface area contributed by atoms with Crippen LogP contribution in [0.4, 0.5) is 13.2 Å². The van der Waals surface area contributed by atoms with Crippen molar-refractivity contribution in [3.8, 4) is 11.5 Å². The van der Waals surface area contributed by atoms with Crippen molar-refractivity contribution in [2.24, 2.45) is 4.99 Å². The Balaban J connectivity index is 1.27. The van der Waals surface area contributed by atoms with Crippen molar-refractivity contribution in [3.05, 3.63) is 59.7 Å². The molecular formula is C24H27F3N4O4. The lowest BCUT2D eigenvalue weighted by molar-refractivity contribution is -0.274. The van der Waals surface area contributed by atoms with Gasteiger partial charge in [0, 0.05) is 31.5 Å². The van der Waals surface area contributed by atoms with Gasteiger partial charge in [-0.05, 0) is 48.9 Å². The van der Waals surface area contributed by atoms with E-state index in [1.807, 2.05) is 36.1 Å². The molecule has 2 N–H and O–H groups in total. The first-order valence-corrected chi connectivity index (χ1v) is 11.2. The molecule has 1 saturated heterocycles. The van der Waals surface area contributed by atoms with E-state index in [1.54, 1.807) is 7.11 Å². The van der Waals surface area contributed by atoms with Crippen LogP contribution in [0.15, 0.2) is 53.5 Å². The molecule has 0 aromatic heterocycles. The first-order valence-electron chi connectivity index (χ1n) is 11.2. The van der Waals surface area contributed by atoms with Crippen molar-refractivity contribution < 1.29 is 32.3 Å². The first-order chi connectivity index (χ1) is 16.6. The van der Waals surface area contributed by atoms with Crippen LogP contribution in [0.3, 0.4) is 0 Å². The highest BCUT2D eigenvalue weighted by molar-refractivity contribution is 5.99. The monoisotopic (exact) mass is 492 g/mol. The Morgan fingerprint density at radius 1 is 1.14 bits per heavy atom. The second-order valence-corrected chi connectivity index (χ2v) is 8.52. The van der Waals surface area contributed by atoms with Crippen LogP contribution in [-0.4, -0.2) is 55.5 Å². The van der Waals surface area contributed by atoms with Crippen LogP contribution in [0.5, 0.6) is 11.5 Å². The fourth-order valence-electron chi connectivity index (χ4n) is 4.07. The predicted molar refractivity (Wildman–Crippen MR) is 122 cm³/mol. The number of amides is 1. The molecule has 0 bridgehead atoms. The van der Waals surface area contributed by atoms with Gasteiger partial charge in [0.2, 0.25) is 5.91 Å². The van der Waals surface area contributed by atoms with Gasteiger partial charge < -0.3 is 14.8 Å². The number of alkyl halides is 3. The summed E-state index contributed by atoms with van der Waals surface area (Å²) < 4.78 is 46.1. The second kappa shape index (κ2) is 10.1. The average Bonchev–Trinajstić information content (AvgIpc) is 3.24. The summed E-state index contributed by atoms with van der Waals surface area (Å²) in [7, 11) is 1.61. The zero-order chi connectivity index (χ0) is 25.1. The number of ether oxygens (including phenoxy) is 2. The van der Waals surface area contributed by atoms with Crippen LogP contribution in [0.25, 0.3) is 0 Å². The van der Waals surface area contributed by atoms with Crippen molar-refractivity contribution in [2.75, 3.05) is 26.7 Å². The molecule has 4 rings (SSSR count). The molecule has 1 atom stereocenters. The highest BCUT2D eigenvalue weighted by Gasteiger charge is 2.40. The minimum Gasteiger partial charge on any atom is -0.497 e. The number of benzene rings is 2.